The Labute approximate surface area is 183 Å². The van der Waals surface area contributed by atoms with Crippen LogP contribution in [0.15, 0.2) is 97.1 Å². The summed E-state index contributed by atoms with van der Waals surface area (Å²) in [6.07, 6.45) is 14.1. The fourth-order valence-electron chi connectivity index (χ4n) is 4.26. The number of sulfone groups is 1. The van der Waals surface area contributed by atoms with Crippen LogP contribution in [0.1, 0.15) is 25.0 Å². The first-order chi connectivity index (χ1) is 14.7. The van der Waals surface area contributed by atoms with E-state index >= 15 is 0 Å². The normalized spacial score (nSPS) is 29.9. The highest BCUT2D eigenvalue weighted by atomic mass is 32.2. The molecule has 0 atom stereocenters. The van der Waals surface area contributed by atoms with Gasteiger partial charge in [-0.1, -0.05) is 85.0 Å². The Bertz CT molecular complexity index is 1100. The average Bonchev–Trinajstić information content (AvgIpc) is 2.75. The van der Waals surface area contributed by atoms with E-state index in [2.05, 4.69) is 0 Å². The summed E-state index contributed by atoms with van der Waals surface area (Å²) < 4.78 is 26.5. The van der Waals surface area contributed by atoms with Crippen molar-refractivity contribution in [2.75, 3.05) is 0 Å². The number of phenolic OH excluding ortho intramolecular Hbond substituents is 2. The van der Waals surface area contributed by atoms with Crippen molar-refractivity contribution in [2.45, 2.75) is 35.2 Å². The first kappa shape index (κ1) is 21.2. The lowest BCUT2D eigenvalue weighted by Gasteiger charge is -2.31. The second-order valence-electron chi connectivity index (χ2n) is 8.55. The number of benzene rings is 2. The van der Waals surface area contributed by atoms with Crippen molar-refractivity contribution in [3.63, 3.8) is 0 Å². The summed E-state index contributed by atoms with van der Waals surface area (Å²) in [7, 11) is -3.54. The molecular formula is C26H26O4S. The minimum Gasteiger partial charge on any atom is -0.508 e. The molecule has 2 aliphatic rings. The van der Waals surface area contributed by atoms with Crippen LogP contribution in [-0.4, -0.2) is 29.1 Å². The maximum absolute atomic E-state index is 13.3. The number of para-hydroxylation sites is 2. The van der Waals surface area contributed by atoms with Crippen molar-refractivity contribution in [3.05, 3.63) is 108 Å². The van der Waals surface area contributed by atoms with E-state index in [0.29, 0.717) is 0 Å². The topological polar surface area (TPSA) is 74.6 Å². The Balaban J connectivity index is 1.56. The van der Waals surface area contributed by atoms with E-state index in [4.69, 9.17) is 0 Å². The molecule has 0 aliphatic heterocycles. The van der Waals surface area contributed by atoms with Gasteiger partial charge < -0.3 is 10.2 Å². The van der Waals surface area contributed by atoms with Gasteiger partial charge in [-0.15, -0.1) is 0 Å². The molecule has 0 aromatic heterocycles. The molecule has 5 heteroatoms. The molecule has 2 aromatic carbocycles. The molecule has 4 rings (SSSR count). The van der Waals surface area contributed by atoms with Crippen LogP contribution in [0.5, 0.6) is 11.5 Å². The van der Waals surface area contributed by atoms with E-state index in [9.17, 15) is 18.6 Å². The lowest BCUT2D eigenvalue weighted by molar-refractivity contribution is 0.459. The molecule has 0 radical (unpaired) electrons. The zero-order valence-corrected chi connectivity index (χ0v) is 18.3. The van der Waals surface area contributed by atoms with Crippen LogP contribution in [-0.2, 0) is 20.7 Å². The molecule has 31 heavy (non-hydrogen) atoms. The highest BCUT2D eigenvalue weighted by Crippen LogP contribution is 2.39. The Morgan fingerprint density at radius 1 is 0.645 bits per heavy atom. The maximum Gasteiger partial charge on any atom is 0.170 e. The first-order valence-corrected chi connectivity index (χ1v) is 11.8. The Hall–Kier alpha value is -3.05. The van der Waals surface area contributed by atoms with Crippen molar-refractivity contribution < 1.29 is 18.6 Å². The summed E-state index contributed by atoms with van der Waals surface area (Å²) in [5, 5.41) is 18.9. The maximum atomic E-state index is 13.3. The van der Waals surface area contributed by atoms with Gasteiger partial charge in [0.05, 0.1) is 10.5 Å². The molecule has 2 aliphatic carbocycles. The molecular weight excluding hydrogens is 408 g/mol. The summed E-state index contributed by atoms with van der Waals surface area (Å²) in [6, 6.07) is 14.2. The molecule has 0 fully saturated rings. The van der Waals surface area contributed by atoms with Gasteiger partial charge in [-0.05, 0) is 26.0 Å². The minimum atomic E-state index is -3.54. The SMILES string of the molecule is CC1(c2ccccc2O)C=CC(S(=O)(=O)C2C=CC(C)(c3ccccc3O)C=C2)C=C1. The van der Waals surface area contributed by atoms with Gasteiger partial charge in [0.2, 0.25) is 0 Å². The van der Waals surface area contributed by atoms with Gasteiger partial charge in [0.1, 0.15) is 11.5 Å². The molecule has 4 nitrogen and oxygen atoms in total. The van der Waals surface area contributed by atoms with Crippen LogP contribution in [0.3, 0.4) is 0 Å². The van der Waals surface area contributed by atoms with Crippen molar-refractivity contribution >= 4 is 9.84 Å². The van der Waals surface area contributed by atoms with Crippen LogP contribution in [0.25, 0.3) is 0 Å². The summed E-state index contributed by atoms with van der Waals surface area (Å²) in [4.78, 5) is 0. The number of hydrogen-bond acceptors (Lipinski definition) is 4. The Morgan fingerprint density at radius 3 is 1.29 bits per heavy atom. The van der Waals surface area contributed by atoms with E-state index < -0.39 is 31.2 Å². The number of phenols is 2. The monoisotopic (exact) mass is 434 g/mol. The van der Waals surface area contributed by atoms with E-state index in [-0.39, 0.29) is 11.5 Å². The third kappa shape index (κ3) is 3.74. The summed E-state index contributed by atoms with van der Waals surface area (Å²) in [5.74, 6) is 0.365. The van der Waals surface area contributed by atoms with Crippen molar-refractivity contribution in [3.8, 4) is 11.5 Å². The van der Waals surface area contributed by atoms with Gasteiger partial charge >= 0.3 is 0 Å². The fraction of sp³-hybridized carbons (Fsp3) is 0.231. The van der Waals surface area contributed by atoms with Crippen LogP contribution in [0.4, 0.5) is 0 Å². The quantitative estimate of drug-likeness (QED) is 0.683. The van der Waals surface area contributed by atoms with Crippen LogP contribution in [0, 0.1) is 0 Å². The minimum absolute atomic E-state index is 0.183. The second-order valence-corrected chi connectivity index (χ2v) is 10.8. The molecule has 0 amide bonds. The first-order valence-electron chi connectivity index (χ1n) is 10.2. The lowest BCUT2D eigenvalue weighted by Crippen LogP contribution is -2.33. The van der Waals surface area contributed by atoms with Crippen LogP contribution in [0.2, 0.25) is 0 Å². The lowest BCUT2D eigenvalue weighted by atomic mass is 9.79. The van der Waals surface area contributed by atoms with E-state index in [1.165, 1.54) is 0 Å². The van der Waals surface area contributed by atoms with Gasteiger partial charge in [0, 0.05) is 22.0 Å². The predicted octanol–water partition coefficient (Wildman–Crippen LogP) is 4.72. The molecule has 2 N–H and O–H groups in total. The Morgan fingerprint density at radius 2 is 0.968 bits per heavy atom. The largest absolute Gasteiger partial charge is 0.508 e. The number of allylic oxidation sites excluding steroid dienone is 4. The van der Waals surface area contributed by atoms with Crippen LogP contribution < -0.4 is 0 Å². The number of aromatic hydroxyl groups is 2. The standard InChI is InChI=1S/C26H26O4S/c1-25(21-7-3-5-9-23(21)27)15-11-19(12-16-25)31(29,30)20-13-17-26(2,18-14-20)22-8-4-6-10-24(22)28/h3-20,27-28H,1-2H3. The van der Waals surface area contributed by atoms with Crippen molar-refractivity contribution in [2.24, 2.45) is 0 Å². The van der Waals surface area contributed by atoms with Crippen LogP contribution >= 0.6 is 0 Å². The third-order valence-corrected chi connectivity index (χ3v) is 8.40. The van der Waals surface area contributed by atoms with Gasteiger partial charge in [-0.25, -0.2) is 8.42 Å². The molecule has 0 bridgehead atoms. The van der Waals surface area contributed by atoms with Gasteiger partial charge in [0.15, 0.2) is 9.84 Å². The average molecular weight is 435 g/mol. The molecule has 0 unspecified atom stereocenters. The number of hydrogen-bond donors (Lipinski definition) is 2. The van der Waals surface area contributed by atoms with Crippen molar-refractivity contribution in [1.82, 2.24) is 0 Å². The van der Waals surface area contributed by atoms with Crippen molar-refractivity contribution in [1.29, 1.82) is 0 Å². The van der Waals surface area contributed by atoms with E-state index in [0.717, 1.165) is 11.1 Å². The molecule has 0 saturated carbocycles. The smallest absolute Gasteiger partial charge is 0.170 e. The summed E-state index contributed by atoms with van der Waals surface area (Å²) in [6.45, 7) is 3.88. The zero-order valence-electron chi connectivity index (χ0n) is 17.5. The zero-order chi connectivity index (χ0) is 22.3. The molecule has 0 heterocycles. The fourth-order valence-corrected chi connectivity index (χ4v) is 5.81. The summed E-state index contributed by atoms with van der Waals surface area (Å²) >= 11 is 0. The van der Waals surface area contributed by atoms with E-state index in [1.807, 2.05) is 62.4 Å². The predicted molar refractivity (Wildman–Crippen MR) is 124 cm³/mol. The summed E-state index contributed by atoms with van der Waals surface area (Å²) in [5.41, 5.74) is 0.321. The number of rotatable bonds is 4. The van der Waals surface area contributed by atoms with Gasteiger partial charge in [0.25, 0.3) is 0 Å². The highest BCUT2D eigenvalue weighted by molar-refractivity contribution is 7.93. The second kappa shape index (κ2) is 7.57. The molecule has 0 spiro atoms. The Kier molecular flexibility index (Phi) is 5.18. The highest BCUT2D eigenvalue weighted by Gasteiger charge is 2.36. The van der Waals surface area contributed by atoms with E-state index in [1.54, 1.807) is 48.6 Å². The van der Waals surface area contributed by atoms with Gasteiger partial charge in [-0.3, -0.25) is 0 Å². The molecule has 160 valence electrons. The van der Waals surface area contributed by atoms with Gasteiger partial charge in [-0.2, -0.15) is 0 Å². The third-order valence-electron chi connectivity index (χ3n) is 6.26. The molecule has 0 saturated heterocycles. The molecule has 2 aromatic rings.